The minimum absolute atomic E-state index is 0.0105. The zero-order valence-corrected chi connectivity index (χ0v) is 11.3. The quantitative estimate of drug-likeness (QED) is 0.840. The molecule has 2 rings (SSSR count). The Kier molecular flexibility index (Phi) is 3.87. The number of aromatic nitrogens is 2. The molecule has 1 saturated carbocycles. The van der Waals surface area contributed by atoms with Gasteiger partial charge >= 0.3 is 0 Å². The van der Waals surface area contributed by atoms with Gasteiger partial charge in [-0.2, -0.15) is 5.10 Å². The van der Waals surface area contributed by atoms with E-state index in [1.165, 1.54) is 12.8 Å². The molecule has 0 spiro atoms. The molecule has 1 aliphatic rings. The highest BCUT2D eigenvalue weighted by atomic mass is 35.5. The topological polar surface area (TPSA) is 37.8 Å². The van der Waals surface area contributed by atoms with E-state index in [9.17, 15) is 0 Å². The van der Waals surface area contributed by atoms with Crippen molar-refractivity contribution in [3.8, 4) is 0 Å². The fourth-order valence-corrected chi connectivity index (χ4v) is 2.74. The lowest BCUT2D eigenvalue weighted by atomic mass is 9.78. The molecule has 1 aromatic heterocycles. The van der Waals surface area contributed by atoms with Crippen LogP contribution in [0.3, 0.4) is 0 Å². The minimum Gasteiger partial charge on any atom is -0.362 e. The maximum absolute atomic E-state index is 6.16. The number of anilines is 1. The summed E-state index contributed by atoms with van der Waals surface area (Å²) < 4.78 is 0. The summed E-state index contributed by atoms with van der Waals surface area (Å²) >= 11 is 6.16. The molecular weight excluding hydrogens is 234 g/mol. The zero-order chi connectivity index (χ0) is 12.3. The Morgan fingerprint density at radius 2 is 2.18 bits per heavy atom. The molecule has 4 heteroatoms. The molecule has 17 heavy (non-hydrogen) atoms. The van der Waals surface area contributed by atoms with Gasteiger partial charge in [0.25, 0.3) is 0 Å². The summed E-state index contributed by atoms with van der Waals surface area (Å²) in [6.45, 7) is 4.33. The van der Waals surface area contributed by atoms with Crippen LogP contribution in [0.1, 0.15) is 38.2 Å². The lowest BCUT2D eigenvalue weighted by molar-refractivity contribution is 0.286. The van der Waals surface area contributed by atoms with Crippen molar-refractivity contribution < 1.29 is 0 Å². The van der Waals surface area contributed by atoms with Gasteiger partial charge in [-0.25, -0.2) is 0 Å². The van der Waals surface area contributed by atoms with Gasteiger partial charge in [0.2, 0.25) is 0 Å². The van der Waals surface area contributed by atoms with Crippen LogP contribution in [0.2, 0.25) is 0 Å². The van der Waals surface area contributed by atoms with Crippen LogP contribution < -0.4 is 5.32 Å². The lowest BCUT2D eigenvalue weighted by Crippen LogP contribution is -2.43. The average Bonchev–Trinajstić information content (AvgIpc) is 2.33. The summed E-state index contributed by atoms with van der Waals surface area (Å²) in [5.74, 6) is 2.30. The number of nitrogens with zero attached hydrogens (tertiary/aromatic N) is 2. The summed E-state index contributed by atoms with van der Waals surface area (Å²) in [4.78, 5) is 0. The van der Waals surface area contributed by atoms with Gasteiger partial charge in [-0.1, -0.05) is 6.92 Å². The molecule has 0 saturated heterocycles. The highest BCUT2D eigenvalue weighted by molar-refractivity contribution is 6.18. The standard InChI is InChI=1S/C13H20ClN3/c1-10-3-5-13(9-14,6-4-10)16-12-7-11(2)8-15-17-12/h7-8,10H,3-6,9H2,1-2H3,(H,16,17). The first kappa shape index (κ1) is 12.6. The lowest BCUT2D eigenvalue weighted by Gasteiger charge is -2.39. The Labute approximate surface area is 108 Å². The van der Waals surface area contributed by atoms with Gasteiger partial charge in [-0.15, -0.1) is 16.7 Å². The molecule has 1 fully saturated rings. The molecule has 0 bridgehead atoms. The highest BCUT2D eigenvalue weighted by Gasteiger charge is 2.33. The molecule has 0 radical (unpaired) electrons. The molecular formula is C13H20ClN3. The van der Waals surface area contributed by atoms with Crippen LogP contribution in [0.5, 0.6) is 0 Å². The van der Waals surface area contributed by atoms with Crippen molar-refractivity contribution in [2.45, 2.75) is 45.1 Å². The Bertz CT molecular complexity index is 373. The van der Waals surface area contributed by atoms with E-state index in [2.05, 4.69) is 22.4 Å². The van der Waals surface area contributed by atoms with E-state index in [-0.39, 0.29) is 5.54 Å². The van der Waals surface area contributed by atoms with Crippen LogP contribution in [0, 0.1) is 12.8 Å². The Morgan fingerprint density at radius 1 is 1.47 bits per heavy atom. The van der Waals surface area contributed by atoms with Gasteiger partial charge in [0.15, 0.2) is 0 Å². The maximum Gasteiger partial charge on any atom is 0.149 e. The third-order valence-electron chi connectivity index (χ3n) is 3.67. The summed E-state index contributed by atoms with van der Waals surface area (Å²) in [6, 6.07) is 2.03. The van der Waals surface area contributed by atoms with E-state index in [4.69, 9.17) is 11.6 Å². The second kappa shape index (κ2) is 5.21. The van der Waals surface area contributed by atoms with Gasteiger partial charge in [0.1, 0.15) is 5.82 Å². The minimum atomic E-state index is 0.0105. The van der Waals surface area contributed by atoms with Crippen LogP contribution in [0.15, 0.2) is 12.3 Å². The molecule has 0 aliphatic heterocycles. The third-order valence-corrected chi connectivity index (χ3v) is 4.18. The van der Waals surface area contributed by atoms with E-state index in [0.717, 1.165) is 30.1 Å². The molecule has 1 heterocycles. The SMILES string of the molecule is Cc1cnnc(NC2(CCl)CCC(C)CC2)c1. The van der Waals surface area contributed by atoms with Gasteiger partial charge in [0, 0.05) is 5.88 Å². The van der Waals surface area contributed by atoms with Gasteiger partial charge in [0.05, 0.1) is 11.7 Å². The Morgan fingerprint density at radius 3 is 2.76 bits per heavy atom. The Balaban J connectivity index is 2.09. The van der Waals surface area contributed by atoms with E-state index < -0.39 is 0 Å². The largest absolute Gasteiger partial charge is 0.362 e. The molecule has 94 valence electrons. The Hall–Kier alpha value is -0.830. The summed E-state index contributed by atoms with van der Waals surface area (Å²) in [5.41, 5.74) is 1.13. The van der Waals surface area contributed by atoms with E-state index in [1.54, 1.807) is 6.20 Å². The average molecular weight is 254 g/mol. The smallest absolute Gasteiger partial charge is 0.149 e. The van der Waals surface area contributed by atoms with Crippen LogP contribution in [0.4, 0.5) is 5.82 Å². The summed E-state index contributed by atoms with van der Waals surface area (Å²) in [6.07, 6.45) is 6.47. The van der Waals surface area contributed by atoms with Crippen molar-refractivity contribution in [3.05, 3.63) is 17.8 Å². The molecule has 1 N–H and O–H groups in total. The van der Waals surface area contributed by atoms with Crippen molar-refractivity contribution in [2.75, 3.05) is 11.2 Å². The van der Waals surface area contributed by atoms with Crippen LogP contribution >= 0.6 is 11.6 Å². The van der Waals surface area contributed by atoms with Crippen molar-refractivity contribution in [1.29, 1.82) is 0 Å². The van der Waals surface area contributed by atoms with E-state index in [1.807, 2.05) is 13.0 Å². The van der Waals surface area contributed by atoms with Crippen molar-refractivity contribution in [2.24, 2.45) is 5.92 Å². The van der Waals surface area contributed by atoms with Gasteiger partial charge in [-0.05, 0) is 50.2 Å². The van der Waals surface area contributed by atoms with E-state index in [0.29, 0.717) is 5.88 Å². The second-order valence-electron chi connectivity index (χ2n) is 5.34. The second-order valence-corrected chi connectivity index (χ2v) is 5.61. The third kappa shape index (κ3) is 3.09. The number of hydrogen-bond acceptors (Lipinski definition) is 3. The predicted octanol–water partition coefficient (Wildman–Crippen LogP) is 3.38. The summed E-state index contributed by atoms with van der Waals surface area (Å²) in [7, 11) is 0. The number of nitrogens with one attached hydrogen (secondary N) is 1. The molecule has 3 nitrogen and oxygen atoms in total. The summed E-state index contributed by atoms with van der Waals surface area (Å²) in [5, 5.41) is 11.6. The maximum atomic E-state index is 6.16. The molecule has 1 aliphatic carbocycles. The first-order chi connectivity index (χ1) is 8.13. The predicted molar refractivity (Wildman–Crippen MR) is 71.5 cm³/mol. The van der Waals surface area contributed by atoms with Crippen molar-refractivity contribution in [1.82, 2.24) is 10.2 Å². The number of aryl methyl sites for hydroxylation is 1. The molecule has 0 unspecified atom stereocenters. The molecule has 1 aromatic rings. The normalized spacial score (nSPS) is 29.0. The highest BCUT2D eigenvalue weighted by Crippen LogP contribution is 2.35. The monoisotopic (exact) mass is 253 g/mol. The fraction of sp³-hybridized carbons (Fsp3) is 0.692. The first-order valence-electron chi connectivity index (χ1n) is 6.27. The number of rotatable bonds is 3. The van der Waals surface area contributed by atoms with Crippen LogP contribution in [-0.4, -0.2) is 21.6 Å². The van der Waals surface area contributed by atoms with Gasteiger partial charge in [-0.3, -0.25) is 0 Å². The van der Waals surface area contributed by atoms with Crippen LogP contribution in [0.25, 0.3) is 0 Å². The number of alkyl halides is 1. The zero-order valence-electron chi connectivity index (χ0n) is 10.5. The van der Waals surface area contributed by atoms with E-state index >= 15 is 0 Å². The molecule has 0 aromatic carbocycles. The first-order valence-corrected chi connectivity index (χ1v) is 6.80. The van der Waals surface area contributed by atoms with Crippen molar-refractivity contribution >= 4 is 17.4 Å². The van der Waals surface area contributed by atoms with Gasteiger partial charge < -0.3 is 5.32 Å². The van der Waals surface area contributed by atoms with Crippen LogP contribution in [-0.2, 0) is 0 Å². The number of halogens is 1. The fourth-order valence-electron chi connectivity index (χ4n) is 2.40. The molecule has 0 amide bonds. The number of hydrogen-bond donors (Lipinski definition) is 1. The molecule has 0 atom stereocenters. The van der Waals surface area contributed by atoms with Crippen molar-refractivity contribution in [3.63, 3.8) is 0 Å².